The van der Waals surface area contributed by atoms with Gasteiger partial charge in [0.1, 0.15) is 12.1 Å². The van der Waals surface area contributed by atoms with Gasteiger partial charge in [0.05, 0.1) is 15.3 Å². The Balaban J connectivity index is 1.98. The molecule has 1 fully saturated rings. The van der Waals surface area contributed by atoms with Gasteiger partial charge in [-0.25, -0.2) is 0 Å². The van der Waals surface area contributed by atoms with Crippen LogP contribution in [-0.4, -0.2) is 35.6 Å². The number of hydrogen-bond donors (Lipinski definition) is 3. The first-order valence-corrected chi connectivity index (χ1v) is 7.12. The minimum absolute atomic E-state index is 0.222. The van der Waals surface area contributed by atoms with Crippen molar-refractivity contribution in [3.63, 3.8) is 0 Å². The molecule has 0 aliphatic carbocycles. The highest BCUT2D eigenvalue weighted by molar-refractivity contribution is 7.18. The molecular weight excluding hydrogens is 302 g/mol. The Hall–Kier alpha value is -1.62. The molecule has 1 saturated heterocycles. The third-order valence-electron chi connectivity index (χ3n) is 3.16. The van der Waals surface area contributed by atoms with Crippen molar-refractivity contribution < 1.29 is 14.7 Å². The number of nitriles is 1. The van der Waals surface area contributed by atoms with Gasteiger partial charge in [-0.05, 0) is 18.6 Å². The summed E-state index contributed by atoms with van der Waals surface area (Å²) in [5.41, 5.74) is 0. The van der Waals surface area contributed by atoms with E-state index in [1.807, 2.05) is 6.07 Å². The monoisotopic (exact) mass is 313 g/mol. The van der Waals surface area contributed by atoms with Crippen LogP contribution in [0.1, 0.15) is 16.1 Å². The van der Waals surface area contributed by atoms with Crippen LogP contribution >= 0.6 is 22.9 Å². The normalized spacial score (nSPS) is 23.0. The zero-order valence-electron chi connectivity index (χ0n) is 10.3. The number of hydrogen-bond acceptors (Lipinski definition) is 5. The number of nitrogens with one attached hydrogen (secondary N) is 2. The van der Waals surface area contributed by atoms with Crippen molar-refractivity contribution in [2.24, 2.45) is 5.92 Å². The molecule has 1 aromatic rings. The molecule has 20 heavy (non-hydrogen) atoms. The summed E-state index contributed by atoms with van der Waals surface area (Å²) >= 11 is 6.88. The lowest BCUT2D eigenvalue weighted by Gasteiger charge is -2.16. The molecule has 0 bridgehead atoms. The van der Waals surface area contributed by atoms with E-state index in [1.54, 1.807) is 12.1 Å². The molecule has 3 N–H and O–H groups in total. The Bertz CT molecular complexity index is 569. The third kappa shape index (κ3) is 3.28. The SMILES string of the molecule is N#CC(NC(=O)c1ccc(Cl)s1)C1CNC(C(=O)O)C1. The molecule has 2 rings (SSSR count). The van der Waals surface area contributed by atoms with Gasteiger partial charge in [0.15, 0.2) is 0 Å². The van der Waals surface area contributed by atoms with E-state index in [2.05, 4.69) is 10.6 Å². The molecule has 0 spiro atoms. The number of carbonyl (C=O) groups excluding carboxylic acids is 1. The Morgan fingerprint density at radius 2 is 2.35 bits per heavy atom. The van der Waals surface area contributed by atoms with Crippen molar-refractivity contribution in [1.82, 2.24) is 10.6 Å². The minimum Gasteiger partial charge on any atom is -0.480 e. The Morgan fingerprint density at radius 1 is 1.60 bits per heavy atom. The van der Waals surface area contributed by atoms with E-state index in [0.717, 1.165) is 11.3 Å². The molecule has 0 saturated carbocycles. The Morgan fingerprint density at radius 3 is 2.85 bits per heavy atom. The molecule has 1 aliphatic rings. The molecule has 3 unspecified atom stereocenters. The lowest BCUT2D eigenvalue weighted by molar-refractivity contribution is -0.139. The quantitative estimate of drug-likeness (QED) is 0.772. The highest BCUT2D eigenvalue weighted by atomic mass is 35.5. The highest BCUT2D eigenvalue weighted by Crippen LogP contribution is 2.22. The van der Waals surface area contributed by atoms with E-state index in [9.17, 15) is 9.59 Å². The number of amides is 1. The van der Waals surface area contributed by atoms with Crippen molar-refractivity contribution in [3.05, 3.63) is 21.3 Å². The Labute approximate surface area is 124 Å². The summed E-state index contributed by atoms with van der Waals surface area (Å²) in [5.74, 6) is -1.53. The highest BCUT2D eigenvalue weighted by Gasteiger charge is 2.35. The van der Waals surface area contributed by atoms with Crippen LogP contribution in [0.2, 0.25) is 4.34 Å². The first-order valence-electron chi connectivity index (χ1n) is 5.93. The second kappa shape index (κ2) is 6.22. The molecule has 106 valence electrons. The average molecular weight is 314 g/mol. The fourth-order valence-electron chi connectivity index (χ4n) is 2.11. The summed E-state index contributed by atoms with van der Waals surface area (Å²) in [6, 6.07) is 3.83. The van der Waals surface area contributed by atoms with Gasteiger partial charge in [-0.1, -0.05) is 11.6 Å². The molecular formula is C12H12ClN3O3S. The standard InChI is InChI=1S/C12H12ClN3O3S/c13-10-2-1-9(20-10)11(17)16-8(4-14)6-3-7(12(18)19)15-5-6/h1-2,6-8,15H,3,5H2,(H,16,17)(H,18,19). The van der Waals surface area contributed by atoms with Crippen LogP contribution in [0.25, 0.3) is 0 Å². The fraction of sp³-hybridized carbons (Fsp3) is 0.417. The van der Waals surface area contributed by atoms with Gasteiger partial charge in [-0.3, -0.25) is 9.59 Å². The van der Waals surface area contributed by atoms with E-state index in [1.165, 1.54) is 0 Å². The summed E-state index contributed by atoms with van der Waals surface area (Å²) in [6.45, 7) is 0.390. The summed E-state index contributed by atoms with van der Waals surface area (Å²) in [7, 11) is 0. The number of thiophene rings is 1. The third-order valence-corrected chi connectivity index (χ3v) is 4.39. The molecule has 2 heterocycles. The second-order valence-electron chi connectivity index (χ2n) is 4.48. The van der Waals surface area contributed by atoms with Crippen LogP contribution in [0.3, 0.4) is 0 Å². The fourth-order valence-corrected chi connectivity index (χ4v) is 3.06. The molecule has 8 heteroatoms. The van der Waals surface area contributed by atoms with E-state index >= 15 is 0 Å². The van der Waals surface area contributed by atoms with Crippen LogP contribution in [-0.2, 0) is 4.79 Å². The maximum absolute atomic E-state index is 12.0. The van der Waals surface area contributed by atoms with Gasteiger partial charge in [0, 0.05) is 12.5 Å². The van der Waals surface area contributed by atoms with Gasteiger partial charge in [-0.2, -0.15) is 5.26 Å². The average Bonchev–Trinajstić information content (AvgIpc) is 3.04. The largest absolute Gasteiger partial charge is 0.480 e. The second-order valence-corrected chi connectivity index (χ2v) is 6.19. The predicted octanol–water partition coefficient (Wildman–Crippen LogP) is 1.09. The summed E-state index contributed by atoms with van der Waals surface area (Å²) in [4.78, 5) is 23.2. The molecule has 6 nitrogen and oxygen atoms in total. The van der Waals surface area contributed by atoms with Crippen LogP contribution in [0.5, 0.6) is 0 Å². The van der Waals surface area contributed by atoms with Crippen molar-refractivity contribution in [2.45, 2.75) is 18.5 Å². The number of carboxylic acid groups (broad SMARTS) is 1. The van der Waals surface area contributed by atoms with Gasteiger partial charge in [0.25, 0.3) is 5.91 Å². The smallest absolute Gasteiger partial charge is 0.320 e. The van der Waals surface area contributed by atoms with Crippen molar-refractivity contribution in [1.29, 1.82) is 5.26 Å². The van der Waals surface area contributed by atoms with E-state index in [4.69, 9.17) is 22.0 Å². The summed E-state index contributed by atoms with van der Waals surface area (Å²) in [5, 5.41) is 23.5. The number of carbonyl (C=O) groups is 2. The van der Waals surface area contributed by atoms with Gasteiger partial charge in [-0.15, -0.1) is 11.3 Å². The Kier molecular flexibility index (Phi) is 4.60. The van der Waals surface area contributed by atoms with E-state index in [-0.39, 0.29) is 11.8 Å². The van der Waals surface area contributed by atoms with Crippen LogP contribution in [0.4, 0.5) is 0 Å². The molecule has 1 aliphatic heterocycles. The maximum Gasteiger partial charge on any atom is 0.320 e. The van der Waals surface area contributed by atoms with Gasteiger partial charge < -0.3 is 15.7 Å². The predicted molar refractivity (Wildman–Crippen MR) is 73.7 cm³/mol. The molecule has 0 radical (unpaired) electrons. The summed E-state index contributed by atoms with van der Waals surface area (Å²) < 4.78 is 0.497. The number of halogens is 1. The zero-order valence-corrected chi connectivity index (χ0v) is 11.9. The van der Waals surface area contributed by atoms with E-state index < -0.39 is 18.1 Å². The van der Waals surface area contributed by atoms with Crippen molar-refractivity contribution in [2.75, 3.05) is 6.54 Å². The molecule has 1 amide bonds. The van der Waals surface area contributed by atoms with Crippen LogP contribution in [0, 0.1) is 17.2 Å². The summed E-state index contributed by atoms with van der Waals surface area (Å²) in [6.07, 6.45) is 0.318. The topological polar surface area (TPSA) is 102 Å². The van der Waals surface area contributed by atoms with Crippen LogP contribution < -0.4 is 10.6 Å². The molecule has 3 atom stereocenters. The maximum atomic E-state index is 12.0. The van der Waals surface area contributed by atoms with Gasteiger partial charge in [0.2, 0.25) is 0 Å². The molecule has 0 aromatic carbocycles. The van der Waals surface area contributed by atoms with E-state index in [0.29, 0.717) is 22.2 Å². The number of nitrogens with zero attached hydrogens (tertiary/aromatic N) is 1. The number of carboxylic acids is 1. The number of rotatable bonds is 4. The zero-order chi connectivity index (χ0) is 14.7. The first-order chi connectivity index (χ1) is 9.51. The van der Waals surface area contributed by atoms with Crippen molar-refractivity contribution >= 4 is 34.8 Å². The lowest BCUT2D eigenvalue weighted by atomic mass is 9.97. The molecule has 1 aromatic heterocycles. The van der Waals surface area contributed by atoms with Crippen molar-refractivity contribution in [3.8, 4) is 6.07 Å². The van der Waals surface area contributed by atoms with Gasteiger partial charge >= 0.3 is 5.97 Å². The van der Waals surface area contributed by atoms with Crippen LogP contribution in [0.15, 0.2) is 12.1 Å². The first kappa shape index (κ1) is 14.8. The lowest BCUT2D eigenvalue weighted by Crippen LogP contribution is -2.39. The number of aliphatic carboxylic acids is 1. The minimum atomic E-state index is -0.944.